The predicted molar refractivity (Wildman–Crippen MR) is 165 cm³/mol. The summed E-state index contributed by atoms with van der Waals surface area (Å²) in [4.78, 5) is 17.6. The van der Waals surface area contributed by atoms with E-state index in [0.717, 1.165) is 67.6 Å². The number of aliphatic imine (C=N–C) groups is 1. The number of hydrogen-bond acceptors (Lipinski definition) is 5. The zero-order valence-corrected chi connectivity index (χ0v) is 25.3. The molecule has 0 bridgehead atoms. The van der Waals surface area contributed by atoms with Crippen LogP contribution in [-0.2, 0) is 6.54 Å². The van der Waals surface area contributed by atoms with Crippen LogP contribution in [0.3, 0.4) is 0 Å². The van der Waals surface area contributed by atoms with E-state index >= 15 is 4.39 Å². The molecule has 3 heterocycles. The highest BCUT2D eigenvalue weighted by molar-refractivity contribution is 5.90. The van der Waals surface area contributed by atoms with Crippen molar-refractivity contribution in [3.05, 3.63) is 70.1 Å². The first-order valence-corrected chi connectivity index (χ1v) is 14.9. The fourth-order valence-electron chi connectivity index (χ4n) is 6.70. The van der Waals surface area contributed by atoms with Crippen LogP contribution >= 0.6 is 0 Å². The van der Waals surface area contributed by atoms with Crippen molar-refractivity contribution in [1.82, 2.24) is 19.8 Å². The fraction of sp³-hybridized carbons (Fsp3) is 0.471. The quantitative estimate of drug-likeness (QED) is 0.356. The van der Waals surface area contributed by atoms with Gasteiger partial charge in [0.2, 0.25) is 0 Å². The number of nitrogens with one attached hydrogen (secondary N) is 1. The van der Waals surface area contributed by atoms with Gasteiger partial charge in [-0.1, -0.05) is 26.8 Å². The highest BCUT2D eigenvalue weighted by Gasteiger charge is 2.34. The van der Waals surface area contributed by atoms with Crippen LogP contribution in [0.5, 0.6) is 5.75 Å². The number of nitrogens with zero attached hydrogens (tertiary/aromatic N) is 4. The summed E-state index contributed by atoms with van der Waals surface area (Å²) < 4.78 is 21.9. The lowest BCUT2D eigenvalue weighted by Gasteiger charge is -2.37. The number of fused-ring (bicyclic) bond motifs is 2. The van der Waals surface area contributed by atoms with E-state index in [-0.39, 0.29) is 11.2 Å². The smallest absolute Gasteiger partial charge is 0.158 e. The average Bonchev–Trinajstić information content (AvgIpc) is 3.09. The number of H-pyrrole nitrogens is 1. The molecule has 2 aliphatic heterocycles. The number of allylic oxidation sites excluding steroid dienone is 3. The van der Waals surface area contributed by atoms with Gasteiger partial charge in [-0.3, -0.25) is 4.99 Å². The maximum absolute atomic E-state index is 15.6. The van der Waals surface area contributed by atoms with E-state index in [1.165, 1.54) is 28.3 Å². The zero-order valence-electron chi connectivity index (χ0n) is 25.3. The van der Waals surface area contributed by atoms with Gasteiger partial charge in [-0.25, -0.2) is 9.37 Å². The lowest BCUT2D eigenvalue weighted by Crippen LogP contribution is -2.30. The molecule has 1 aromatic heterocycles. The lowest BCUT2D eigenvalue weighted by molar-refractivity contribution is 0.254. The van der Waals surface area contributed by atoms with E-state index in [1.54, 1.807) is 0 Å². The first-order valence-electron chi connectivity index (χ1n) is 14.9. The van der Waals surface area contributed by atoms with E-state index in [4.69, 9.17) is 9.73 Å². The third kappa shape index (κ3) is 5.44. The third-order valence-corrected chi connectivity index (χ3v) is 8.68. The molecule has 0 radical (unpaired) electrons. The van der Waals surface area contributed by atoms with Gasteiger partial charge >= 0.3 is 0 Å². The molecule has 0 amide bonds. The summed E-state index contributed by atoms with van der Waals surface area (Å²) >= 11 is 0. The molecule has 1 aliphatic carbocycles. The Morgan fingerprint density at radius 3 is 2.78 bits per heavy atom. The molecule has 1 N–H and O–H groups in total. The van der Waals surface area contributed by atoms with Crippen LogP contribution in [0, 0.1) is 18.2 Å². The van der Waals surface area contributed by atoms with Crippen molar-refractivity contribution in [2.75, 3.05) is 33.8 Å². The minimum atomic E-state index is -0.289. The van der Waals surface area contributed by atoms with Gasteiger partial charge in [0, 0.05) is 47.7 Å². The van der Waals surface area contributed by atoms with Gasteiger partial charge in [-0.05, 0) is 93.1 Å². The molecular weight excluding hydrogens is 513 g/mol. The number of halogens is 1. The lowest BCUT2D eigenvalue weighted by atomic mass is 9.74. The molecule has 6 rings (SSSR count). The number of aromatic amines is 1. The molecule has 0 unspecified atom stereocenters. The van der Waals surface area contributed by atoms with Crippen LogP contribution in [0.1, 0.15) is 64.3 Å². The zero-order chi connectivity index (χ0) is 28.9. The van der Waals surface area contributed by atoms with Gasteiger partial charge in [-0.2, -0.15) is 0 Å². The second-order valence-corrected chi connectivity index (χ2v) is 12.9. The van der Waals surface area contributed by atoms with Crippen LogP contribution in [0.2, 0.25) is 0 Å². The molecule has 7 heteroatoms. The molecule has 0 spiro atoms. The molecule has 0 saturated carbocycles. The maximum Gasteiger partial charge on any atom is 0.158 e. The number of benzene rings is 2. The Hall–Kier alpha value is -3.45. The molecule has 3 aliphatic rings. The summed E-state index contributed by atoms with van der Waals surface area (Å²) in [6.45, 7) is 11.9. The largest absolute Gasteiger partial charge is 0.491 e. The molecule has 41 heavy (non-hydrogen) atoms. The molecular formula is C34H42FN5O. The second kappa shape index (κ2) is 10.8. The number of aromatic nitrogens is 2. The van der Waals surface area contributed by atoms with Crippen molar-refractivity contribution in [2.45, 2.75) is 66.3 Å². The summed E-state index contributed by atoms with van der Waals surface area (Å²) in [5, 5.41) is 0. The van der Waals surface area contributed by atoms with Gasteiger partial charge in [0.05, 0.1) is 12.1 Å². The van der Waals surface area contributed by atoms with Crippen molar-refractivity contribution < 1.29 is 9.13 Å². The van der Waals surface area contributed by atoms with Crippen LogP contribution < -0.4 is 4.74 Å². The molecule has 0 atom stereocenters. The number of hydrogen-bond donors (Lipinski definition) is 1. The Morgan fingerprint density at radius 1 is 1.17 bits per heavy atom. The van der Waals surface area contributed by atoms with Gasteiger partial charge in [0.1, 0.15) is 23.7 Å². The monoisotopic (exact) mass is 555 g/mol. The summed E-state index contributed by atoms with van der Waals surface area (Å²) in [7, 11) is 4.24. The van der Waals surface area contributed by atoms with Crippen molar-refractivity contribution in [2.24, 2.45) is 10.4 Å². The van der Waals surface area contributed by atoms with Crippen molar-refractivity contribution >= 4 is 16.7 Å². The van der Waals surface area contributed by atoms with E-state index < -0.39 is 0 Å². The highest BCUT2D eigenvalue weighted by atomic mass is 19.1. The van der Waals surface area contributed by atoms with Gasteiger partial charge in [0.25, 0.3) is 0 Å². The Bertz CT molecular complexity index is 1590. The summed E-state index contributed by atoms with van der Waals surface area (Å²) in [6, 6.07) is 9.83. The van der Waals surface area contributed by atoms with Crippen LogP contribution in [0.25, 0.3) is 22.2 Å². The number of ether oxygens (including phenoxy) is 1. The minimum absolute atomic E-state index is 0.235. The third-order valence-electron chi connectivity index (χ3n) is 8.68. The average molecular weight is 556 g/mol. The standard InChI is InChI=1S/C34H42FN5O/c1-7-22-17-25(20-39(5)6)38-28-12-13-34(3,4)18-27(28)33(22)40-14-15-41-30-11-8-23(16-24(30)19-40)26-9-10-29-32(31(26)35)37-21(2)36-29/h8-11,16H,7,12-15,17-20H2,1-6H3,(H,36,37). The van der Waals surface area contributed by atoms with Crippen molar-refractivity contribution in [3.8, 4) is 16.9 Å². The van der Waals surface area contributed by atoms with Crippen molar-refractivity contribution in [3.63, 3.8) is 0 Å². The fourth-order valence-corrected chi connectivity index (χ4v) is 6.70. The van der Waals surface area contributed by atoms with Crippen LogP contribution in [-0.4, -0.2) is 59.3 Å². The number of imidazole rings is 1. The number of rotatable bonds is 5. The SMILES string of the molecule is CCC1=C(N2CCOc3ccc(-c4ccc5[nH]c(C)nc5c4F)cc3C2)C2=C(CCC(C)(C)C2)N=C(CN(C)C)C1. The van der Waals surface area contributed by atoms with Crippen molar-refractivity contribution in [1.29, 1.82) is 0 Å². The maximum atomic E-state index is 15.6. The van der Waals surface area contributed by atoms with E-state index in [0.29, 0.717) is 30.1 Å². The first-order chi connectivity index (χ1) is 19.6. The van der Waals surface area contributed by atoms with Crippen LogP contribution in [0.15, 0.2) is 57.9 Å². The Kier molecular flexibility index (Phi) is 7.26. The van der Waals surface area contributed by atoms with Crippen LogP contribution in [0.4, 0.5) is 4.39 Å². The Morgan fingerprint density at radius 2 is 2.00 bits per heavy atom. The minimum Gasteiger partial charge on any atom is -0.491 e. The summed E-state index contributed by atoms with van der Waals surface area (Å²) in [5.74, 6) is 1.30. The Labute approximate surface area is 243 Å². The molecule has 6 nitrogen and oxygen atoms in total. The first kappa shape index (κ1) is 27.7. The van der Waals surface area contributed by atoms with Gasteiger partial charge < -0.3 is 19.5 Å². The molecule has 3 aromatic rings. The summed E-state index contributed by atoms with van der Waals surface area (Å²) in [6.07, 6.45) is 5.07. The highest BCUT2D eigenvalue weighted by Crippen LogP contribution is 2.46. The van der Waals surface area contributed by atoms with Gasteiger partial charge in [-0.15, -0.1) is 0 Å². The summed E-state index contributed by atoms with van der Waals surface area (Å²) in [5.41, 5.74) is 10.6. The van der Waals surface area contributed by atoms with E-state index in [1.807, 2.05) is 31.2 Å². The van der Waals surface area contributed by atoms with Gasteiger partial charge in [0.15, 0.2) is 5.82 Å². The molecule has 0 fully saturated rings. The predicted octanol–water partition coefficient (Wildman–Crippen LogP) is 7.41. The second-order valence-electron chi connectivity index (χ2n) is 12.9. The normalized spacial score (nSPS) is 19.1. The Balaban J connectivity index is 1.41. The van der Waals surface area contributed by atoms with E-state index in [9.17, 15) is 0 Å². The molecule has 2 aromatic carbocycles. The molecule has 216 valence electrons. The number of aryl methyl sites for hydroxylation is 1. The van der Waals surface area contributed by atoms with E-state index in [2.05, 4.69) is 60.7 Å². The molecule has 0 saturated heterocycles. The topological polar surface area (TPSA) is 56.8 Å².